The van der Waals surface area contributed by atoms with Gasteiger partial charge in [-0.05, 0) is 77.8 Å². The molecule has 35 heavy (non-hydrogen) atoms. The van der Waals surface area contributed by atoms with Crippen molar-refractivity contribution in [3.8, 4) is 11.5 Å². The first-order valence-corrected chi connectivity index (χ1v) is 11.4. The fraction of sp³-hybridized carbons (Fsp3) is 0.148. The van der Waals surface area contributed by atoms with Gasteiger partial charge in [0.1, 0.15) is 18.0 Å². The van der Waals surface area contributed by atoms with Crippen LogP contribution in [0, 0.1) is 5.82 Å². The van der Waals surface area contributed by atoms with E-state index in [0.717, 1.165) is 12.0 Å². The van der Waals surface area contributed by atoms with Gasteiger partial charge in [0.2, 0.25) is 0 Å². The van der Waals surface area contributed by atoms with Crippen LogP contribution in [-0.4, -0.2) is 24.0 Å². The third-order valence-corrected chi connectivity index (χ3v) is 5.77. The Kier molecular flexibility index (Phi) is 7.22. The van der Waals surface area contributed by atoms with E-state index in [-0.39, 0.29) is 23.1 Å². The molecule has 1 fully saturated rings. The van der Waals surface area contributed by atoms with Crippen LogP contribution in [0.1, 0.15) is 23.6 Å². The van der Waals surface area contributed by atoms with Gasteiger partial charge in [0.25, 0.3) is 11.8 Å². The second kappa shape index (κ2) is 10.5. The van der Waals surface area contributed by atoms with Gasteiger partial charge in [0.15, 0.2) is 16.6 Å². The predicted molar refractivity (Wildman–Crippen MR) is 136 cm³/mol. The number of halogens is 1. The van der Waals surface area contributed by atoms with Crippen LogP contribution in [0.2, 0.25) is 0 Å². The molecule has 0 bridgehead atoms. The molecule has 4 rings (SSSR count). The fourth-order valence-electron chi connectivity index (χ4n) is 3.62. The maximum Gasteiger partial charge on any atom is 0.270 e. The monoisotopic (exact) mass is 490 g/mol. The zero-order valence-electron chi connectivity index (χ0n) is 19.2. The number of methoxy groups -OCH3 is 1. The van der Waals surface area contributed by atoms with Gasteiger partial charge >= 0.3 is 0 Å². The number of amides is 2. The van der Waals surface area contributed by atoms with Crippen molar-refractivity contribution in [3.63, 3.8) is 0 Å². The van der Waals surface area contributed by atoms with Crippen LogP contribution in [0.3, 0.4) is 0 Å². The summed E-state index contributed by atoms with van der Waals surface area (Å²) in [6, 6.07) is 18.6. The number of benzene rings is 3. The lowest BCUT2D eigenvalue weighted by atomic mass is 10.1. The largest absolute Gasteiger partial charge is 0.493 e. The molecule has 1 aliphatic rings. The summed E-state index contributed by atoms with van der Waals surface area (Å²) in [5, 5.41) is 2.61. The van der Waals surface area contributed by atoms with E-state index in [2.05, 4.69) is 5.32 Å². The van der Waals surface area contributed by atoms with Crippen LogP contribution in [0.4, 0.5) is 10.1 Å². The number of aryl methyl sites for hydroxylation is 1. The summed E-state index contributed by atoms with van der Waals surface area (Å²) in [6.07, 6.45) is 2.34. The van der Waals surface area contributed by atoms with Crippen molar-refractivity contribution >= 4 is 40.9 Å². The van der Waals surface area contributed by atoms with Gasteiger partial charge in [-0.3, -0.25) is 19.8 Å². The molecule has 0 aromatic heterocycles. The lowest BCUT2D eigenvalue weighted by Gasteiger charge is -2.29. The Labute approximate surface area is 208 Å². The molecule has 8 heteroatoms. The molecule has 3 aromatic carbocycles. The third kappa shape index (κ3) is 5.38. The molecule has 178 valence electrons. The fourth-order valence-corrected chi connectivity index (χ4v) is 3.90. The van der Waals surface area contributed by atoms with Crippen molar-refractivity contribution in [1.82, 2.24) is 5.32 Å². The number of carbonyl (C=O) groups excluding carboxylic acids is 2. The Morgan fingerprint density at radius 2 is 1.77 bits per heavy atom. The second-order valence-corrected chi connectivity index (χ2v) is 8.19. The van der Waals surface area contributed by atoms with E-state index in [4.69, 9.17) is 21.7 Å². The summed E-state index contributed by atoms with van der Waals surface area (Å²) in [7, 11) is 1.49. The zero-order valence-corrected chi connectivity index (χ0v) is 20.0. The summed E-state index contributed by atoms with van der Waals surface area (Å²) >= 11 is 5.26. The third-order valence-electron chi connectivity index (χ3n) is 5.49. The number of anilines is 1. The van der Waals surface area contributed by atoms with Crippen molar-refractivity contribution in [2.24, 2.45) is 0 Å². The SMILES string of the molecule is CCc1ccc(N2C(=O)C(=Cc3ccc(OCc4cccc(F)c4)c(OC)c3)C(=O)NC2=S)cc1. The summed E-state index contributed by atoms with van der Waals surface area (Å²) < 4.78 is 24.6. The highest BCUT2D eigenvalue weighted by Crippen LogP contribution is 2.30. The molecule has 0 radical (unpaired) electrons. The van der Waals surface area contributed by atoms with Crippen LogP contribution in [0.25, 0.3) is 6.08 Å². The van der Waals surface area contributed by atoms with Crippen molar-refractivity contribution < 1.29 is 23.5 Å². The van der Waals surface area contributed by atoms with Crippen LogP contribution >= 0.6 is 12.2 Å². The summed E-state index contributed by atoms with van der Waals surface area (Å²) in [4.78, 5) is 27.1. The van der Waals surface area contributed by atoms with Crippen LogP contribution in [0.5, 0.6) is 11.5 Å². The van der Waals surface area contributed by atoms with Crippen molar-refractivity contribution in [2.45, 2.75) is 20.0 Å². The molecular formula is C27H23FN2O4S. The Morgan fingerprint density at radius 1 is 1.00 bits per heavy atom. The average Bonchev–Trinajstić information content (AvgIpc) is 2.86. The van der Waals surface area contributed by atoms with E-state index in [9.17, 15) is 14.0 Å². The smallest absolute Gasteiger partial charge is 0.270 e. The summed E-state index contributed by atoms with van der Waals surface area (Å²) in [5.41, 5.74) is 2.87. The van der Waals surface area contributed by atoms with E-state index in [1.54, 1.807) is 42.5 Å². The molecule has 1 saturated heterocycles. The van der Waals surface area contributed by atoms with Crippen LogP contribution < -0.4 is 19.7 Å². The number of thiocarbonyl (C=S) groups is 1. The minimum atomic E-state index is -0.577. The van der Waals surface area contributed by atoms with Gasteiger partial charge in [-0.25, -0.2) is 4.39 Å². The minimum Gasteiger partial charge on any atom is -0.493 e. The molecule has 1 N–H and O–H groups in total. The molecule has 0 spiro atoms. The number of carbonyl (C=O) groups is 2. The Bertz CT molecular complexity index is 1320. The van der Waals surface area contributed by atoms with Gasteiger partial charge in [0, 0.05) is 0 Å². The number of hydrogen-bond acceptors (Lipinski definition) is 5. The quantitative estimate of drug-likeness (QED) is 0.293. The maximum atomic E-state index is 13.4. The molecule has 3 aromatic rings. The minimum absolute atomic E-state index is 0.0278. The first-order chi connectivity index (χ1) is 16.9. The van der Waals surface area contributed by atoms with Gasteiger partial charge in [-0.1, -0.05) is 37.3 Å². The first kappa shape index (κ1) is 24.1. The van der Waals surface area contributed by atoms with E-state index in [1.165, 1.54) is 30.2 Å². The lowest BCUT2D eigenvalue weighted by molar-refractivity contribution is -0.122. The molecule has 0 aliphatic carbocycles. The van der Waals surface area contributed by atoms with Crippen molar-refractivity contribution in [2.75, 3.05) is 12.0 Å². The van der Waals surface area contributed by atoms with Gasteiger partial charge in [-0.15, -0.1) is 0 Å². The van der Waals surface area contributed by atoms with Crippen molar-refractivity contribution in [3.05, 3.63) is 94.8 Å². The number of hydrogen-bond donors (Lipinski definition) is 1. The topological polar surface area (TPSA) is 67.9 Å². The highest BCUT2D eigenvalue weighted by molar-refractivity contribution is 7.80. The predicted octanol–water partition coefficient (Wildman–Crippen LogP) is 4.81. The number of rotatable bonds is 7. The lowest BCUT2D eigenvalue weighted by Crippen LogP contribution is -2.54. The van der Waals surface area contributed by atoms with E-state index >= 15 is 0 Å². The van der Waals surface area contributed by atoms with Gasteiger partial charge in [-0.2, -0.15) is 0 Å². The van der Waals surface area contributed by atoms with E-state index < -0.39 is 11.8 Å². The average molecular weight is 491 g/mol. The summed E-state index contributed by atoms with van der Waals surface area (Å²) in [6.45, 7) is 2.19. The van der Waals surface area contributed by atoms with E-state index in [0.29, 0.717) is 28.3 Å². The molecule has 2 amide bonds. The zero-order chi connectivity index (χ0) is 24.9. The number of nitrogens with one attached hydrogen (secondary N) is 1. The Balaban J connectivity index is 1.58. The van der Waals surface area contributed by atoms with E-state index in [1.807, 2.05) is 19.1 Å². The second-order valence-electron chi connectivity index (χ2n) is 7.81. The highest BCUT2D eigenvalue weighted by Gasteiger charge is 2.34. The van der Waals surface area contributed by atoms with Crippen LogP contribution in [0.15, 0.2) is 72.3 Å². The number of nitrogens with zero attached hydrogens (tertiary/aromatic N) is 1. The molecule has 0 unspecified atom stereocenters. The normalized spacial score (nSPS) is 14.8. The van der Waals surface area contributed by atoms with Crippen LogP contribution in [-0.2, 0) is 22.6 Å². The van der Waals surface area contributed by atoms with Gasteiger partial charge in [0.05, 0.1) is 12.8 Å². The molecule has 6 nitrogen and oxygen atoms in total. The molecule has 0 atom stereocenters. The molecule has 1 heterocycles. The Hall–Kier alpha value is -4.04. The summed E-state index contributed by atoms with van der Waals surface area (Å²) in [5.74, 6) is -0.593. The molecular weight excluding hydrogens is 467 g/mol. The highest BCUT2D eigenvalue weighted by atomic mass is 32.1. The van der Waals surface area contributed by atoms with Crippen molar-refractivity contribution in [1.29, 1.82) is 0 Å². The maximum absolute atomic E-state index is 13.4. The first-order valence-electron chi connectivity index (χ1n) is 10.9. The van der Waals surface area contributed by atoms with Gasteiger partial charge < -0.3 is 9.47 Å². The Morgan fingerprint density at radius 3 is 2.46 bits per heavy atom. The molecule has 1 aliphatic heterocycles. The number of ether oxygens (including phenoxy) is 2. The molecule has 0 saturated carbocycles. The standard InChI is InChI=1S/C27H23FN2O4S/c1-3-17-7-10-21(11-8-17)30-26(32)22(25(31)29-27(30)35)14-18-9-12-23(24(15-18)33-2)34-16-19-5-4-6-20(28)13-19/h4-15H,3,16H2,1-2H3,(H,29,31,35).